The summed E-state index contributed by atoms with van der Waals surface area (Å²) in [5.74, 6) is -0.00448. The van der Waals surface area contributed by atoms with Crippen LogP contribution in [-0.2, 0) is 35.2 Å². The quantitative estimate of drug-likeness (QED) is 0.381. The second-order valence-electron chi connectivity index (χ2n) is 7.91. The standard InChI is InChI=1S/C27H27F3N2O4/c1-3-36-25(33)14-19-9-12-24(35-2)23(13-19)22-11-10-21(27(28,29)30)15-20(22)17-32-26(34)31-16-18-7-5-4-6-8-18/h4-13,15H,3,14,16-17H2,1-2H3,(H2,31,32,34). The van der Waals surface area contributed by atoms with Crippen LogP contribution < -0.4 is 15.4 Å². The van der Waals surface area contributed by atoms with Crippen LogP contribution in [0.1, 0.15) is 29.2 Å². The van der Waals surface area contributed by atoms with Gasteiger partial charge in [0.05, 0.1) is 25.7 Å². The van der Waals surface area contributed by atoms with Crippen molar-refractivity contribution in [1.29, 1.82) is 0 Å². The van der Waals surface area contributed by atoms with Crippen molar-refractivity contribution in [1.82, 2.24) is 10.6 Å². The minimum absolute atomic E-state index is 0.000937. The maximum absolute atomic E-state index is 13.5. The van der Waals surface area contributed by atoms with Crippen LogP contribution in [0.15, 0.2) is 66.7 Å². The number of hydrogen-bond donors (Lipinski definition) is 2. The fourth-order valence-corrected chi connectivity index (χ4v) is 3.65. The number of rotatable bonds is 9. The van der Waals surface area contributed by atoms with E-state index in [2.05, 4.69) is 10.6 Å². The van der Waals surface area contributed by atoms with Crippen LogP contribution in [-0.4, -0.2) is 25.7 Å². The van der Waals surface area contributed by atoms with E-state index in [4.69, 9.17) is 9.47 Å². The molecule has 0 saturated carbocycles. The molecular formula is C27H27F3N2O4. The highest BCUT2D eigenvalue weighted by Gasteiger charge is 2.31. The van der Waals surface area contributed by atoms with E-state index in [0.29, 0.717) is 22.4 Å². The van der Waals surface area contributed by atoms with Crippen LogP contribution in [0.2, 0.25) is 0 Å². The average Bonchev–Trinajstić information content (AvgIpc) is 2.86. The van der Waals surface area contributed by atoms with Gasteiger partial charge in [0.25, 0.3) is 0 Å². The number of carbonyl (C=O) groups is 2. The van der Waals surface area contributed by atoms with Crippen molar-refractivity contribution in [3.63, 3.8) is 0 Å². The molecule has 0 atom stereocenters. The third-order valence-corrected chi connectivity index (χ3v) is 5.38. The Morgan fingerprint density at radius 1 is 0.861 bits per heavy atom. The van der Waals surface area contributed by atoms with Crippen molar-refractivity contribution in [3.8, 4) is 16.9 Å². The number of halogens is 3. The number of amides is 2. The van der Waals surface area contributed by atoms with E-state index in [-0.39, 0.29) is 31.7 Å². The SMILES string of the molecule is CCOC(=O)Cc1ccc(OC)c(-c2ccc(C(F)(F)F)cc2CNC(=O)NCc2ccccc2)c1. The zero-order chi connectivity index (χ0) is 26.1. The van der Waals surface area contributed by atoms with Crippen molar-refractivity contribution in [2.24, 2.45) is 0 Å². The lowest BCUT2D eigenvalue weighted by molar-refractivity contribution is -0.142. The molecule has 3 aromatic carbocycles. The molecule has 0 aliphatic carbocycles. The Balaban J connectivity index is 1.89. The summed E-state index contributed by atoms with van der Waals surface area (Å²) in [7, 11) is 1.45. The highest BCUT2D eigenvalue weighted by molar-refractivity contribution is 5.79. The number of nitrogens with one attached hydrogen (secondary N) is 2. The molecule has 0 aliphatic rings. The molecular weight excluding hydrogens is 473 g/mol. The molecule has 0 unspecified atom stereocenters. The summed E-state index contributed by atoms with van der Waals surface area (Å²) in [4.78, 5) is 24.3. The zero-order valence-corrected chi connectivity index (χ0v) is 19.9. The van der Waals surface area contributed by atoms with Gasteiger partial charge >= 0.3 is 18.2 Å². The Kier molecular flexibility index (Phi) is 8.94. The highest BCUT2D eigenvalue weighted by atomic mass is 19.4. The number of methoxy groups -OCH3 is 1. The molecule has 0 aliphatic heterocycles. The van der Waals surface area contributed by atoms with Crippen molar-refractivity contribution in [3.05, 3.63) is 89.0 Å². The summed E-state index contributed by atoms with van der Waals surface area (Å²) in [6.07, 6.45) is -4.56. The van der Waals surface area contributed by atoms with Crippen molar-refractivity contribution in [2.75, 3.05) is 13.7 Å². The van der Waals surface area contributed by atoms with Gasteiger partial charge in [-0.1, -0.05) is 42.5 Å². The van der Waals surface area contributed by atoms with Gasteiger partial charge in [-0.05, 0) is 53.4 Å². The lowest BCUT2D eigenvalue weighted by Crippen LogP contribution is -2.34. The molecule has 0 saturated heterocycles. The Labute approximate surface area is 207 Å². The molecule has 2 amide bonds. The van der Waals surface area contributed by atoms with Gasteiger partial charge in [0.2, 0.25) is 0 Å². The Hall–Kier alpha value is -4.01. The van der Waals surface area contributed by atoms with E-state index in [1.165, 1.54) is 13.2 Å². The monoisotopic (exact) mass is 500 g/mol. The largest absolute Gasteiger partial charge is 0.496 e. The summed E-state index contributed by atoms with van der Waals surface area (Å²) < 4.78 is 50.8. The third kappa shape index (κ3) is 7.24. The molecule has 0 aromatic heterocycles. The molecule has 36 heavy (non-hydrogen) atoms. The average molecular weight is 501 g/mol. The minimum Gasteiger partial charge on any atom is -0.496 e. The van der Waals surface area contributed by atoms with Crippen molar-refractivity contribution < 1.29 is 32.2 Å². The van der Waals surface area contributed by atoms with Gasteiger partial charge in [0.15, 0.2) is 0 Å². The van der Waals surface area contributed by atoms with E-state index in [9.17, 15) is 22.8 Å². The third-order valence-electron chi connectivity index (χ3n) is 5.38. The fraction of sp³-hybridized carbons (Fsp3) is 0.259. The smallest absolute Gasteiger partial charge is 0.416 e. The zero-order valence-electron chi connectivity index (χ0n) is 19.9. The number of ether oxygens (including phenoxy) is 2. The first-order chi connectivity index (χ1) is 17.2. The highest BCUT2D eigenvalue weighted by Crippen LogP contribution is 2.37. The number of esters is 1. The van der Waals surface area contributed by atoms with Crippen LogP contribution >= 0.6 is 0 Å². The second kappa shape index (κ2) is 12.1. The number of benzene rings is 3. The van der Waals surface area contributed by atoms with Gasteiger partial charge in [0.1, 0.15) is 5.75 Å². The van der Waals surface area contributed by atoms with Gasteiger partial charge < -0.3 is 20.1 Å². The van der Waals surface area contributed by atoms with Gasteiger partial charge in [0, 0.05) is 18.7 Å². The van der Waals surface area contributed by atoms with E-state index in [0.717, 1.165) is 17.7 Å². The van der Waals surface area contributed by atoms with Crippen LogP contribution in [0.5, 0.6) is 5.75 Å². The van der Waals surface area contributed by atoms with Crippen LogP contribution in [0, 0.1) is 0 Å². The lowest BCUT2D eigenvalue weighted by Gasteiger charge is -2.17. The van der Waals surface area contributed by atoms with Crippen LogP contribution in [0.3, 0.4) is 0 Å². The first-order valence-corrected chi connectivity index (χ1v) is 11.3. The van der Waals surface area contributed by atoms with Crippen LogP contribution in [0.4, 0.5) is 18.0 Å². The maximum Gasteiger partial charge on any atom is 0.416 e. The summed E-state index contributed by atoms with van der Waals surface area (Å²) in [5.41, 5.74) is 1.84. The Morgan fingerprint density at radius 2 is 1.58 bits per heavy atom. The Morgan fingerprint density at radius 3 is 2.25 bits per heavy atom. The van der Waals surface area contributed by atoms with Gasteiger partial charge in [-0.2, -0.15) is 13.2 Å². The van der Waals surface area contributed by atoms with Gasteiger partial charge in [-0.25, -0.2) is 4.79 Å². The van der Waals surface area contributed by atoms with E-state index >= 15 is 0 Å². The van der Waals surface area contributed by atoms with E-state index < -0.39 is 23.7 Å². The molecule has 2 N–H and O–H groups in total. The van der Waals surface area contributed by atoms with Crippen LogP contribution in [0.25, 0.3) is 11.1 Å². The predicted molar refractivity (Wildman–Crippen MR) is 129 cm³/mol. The Bertz CT molecular complexity index is 1200. The number of carbonyl (C=O) groups excluding carboxylic acids is 2. The summed E-state index contributed by atoms with van der Waals surface area (Å²) in [6.45, 7) is 2.05. The molecule has 3 aromatic rings. The molecule has 0 heterocycles. The second-order valence-corrected chi connectivity index (χ2v) is 7.91. The normalized spacial score (nSPS) is 11.0. The molecule has 0 fully saturated rings. The number of hydrogen-bond acceptors (Lipinski definition) is 4. The topological polar surface area (TPSA) is 76.7 Å². The number of alkyl halides is 3. The molecule has 9 heteroatoms. The van der Waals surface area contributed by atoms with Crippen molar-refractivity contribution in [2.45, 2.75) is 32.6 Å². The molecule has 0 radical (unpaired) electrons. The summed E-state index contributed by atoms with van der Waals surface area (Å²) in [5, 5.41) is 5.32. The van der Waals surface area contributed by atoms with Crippen molar-refractivity contribution >= 4 is 12.0 Å². The molecule has 0 spiro atoms. The minimum atomic E-state index is -4.56. The summed E-state index contributed by atoms with van der Waals surface area (Å²) >= 11 is 0. The summed E-state index contributed by atoms with van der Waals surface area (Å²) in [6, 6.07) is 17.0. The first-order valence-electron chi connectivity index (χ1n) is 11.3. The van der Waals surface area contributed by atoms with Gasteiger partial charge in [-0.3, -0.25) is 4.79 Å². The molecule has 3 rings (SSSR count). The maximum atomic E-state index is 13.5. The molecule has 190 valence electrons. The number of urea groups is 1. The molecule has 6 nitrogen and oxygen atoms in total. The molecule has 0 bridgehead atoms. The predicted octanol–water partition coefficient (Wildman–Crippen LogP) is 5.49. The van der Waals surface area contributed by atoms with Gasteiger partial charge in [-0.15, -0.1) is 0 Å². The van der Waals surface area contributed by atoms with E-state index in [1.54, 1.807) is 25.1 Å². The fourth-order valence-electron chi connectivity index (χ4n) is 3.65. The lowest BCUT2D eigenvalue weighted by atomic mass is 9.94. The van der Waals surface area contributed by atoms with E-state index in [1.807, 2.05) is 30.3 Å². The first kappa shape index (κ1) is 26.6.